The molecule has 7 heteroatoms. The van der Waals surface area contributed by atoms with Crippen LogP contribution in [0.2, 0.25) is 0 Å². The molecule has 7 nitrogen and oxygen atoms in total. The van der Waals surface area contributed by atoms with Crippen LogP contribution in [0, 0.1) is 0 Å². The summed E-state index contributed by atoms with van der Waals surface area (Å²) in [5.74, 6) is -4.43. The number of benzene rings is 1. The Balaban J connectivity index is 2.56. The van der Waals surface area contributed by atoms with Crippen LogP contribution >= 0.6 is 0 Å². The Kier molecular flexibility index (Phi) is 5.57. The second kappa shape index (κ2) is 7.17. The van der Waals surface area contributed by atoms with E-state index in [4.69, 9.17) is 15.3 Å². The highest BCUT2D eigenvalue weighted by atomic mass is 16.6. The van der Waals surface area contributed by atoms with Gasteiger partial charge in [0.1, 0.15) is 0 Å². The fourth-order valence-corrected chi connectivity index (χ4v) is 1.19. The predicted molar refractivity (Wildman–Crippen MR) is 66.2 cm³/mol. The summed E-state index contributed by atoms with van der Waals surface area (Å²) in [4.78, 5) is 32.7. The number of carboxylic acid groups (broad SMARTS) is 1. The van der Waals surface area contributed by atoms with E-state index >= 15 is 0 Å². The lowest BCUT2D eigenvalue weighted by atomic mass is 10.2. The van der Waals surface area contributed by atoms with Crippen LogP contribution < -0.4 is 0 Å². The highest BCUT2D eigenvalue weighted by Gasteiger charge is 2.32. The van der Waals surface area contributed by atoms with Gasteiger partial charge in [-0.2, -0.15) is 0 Å². The first-order valence-corrected chi connectivity index (χ1v) is 5.49. The Labute approximate surface area is 113 Å². The van der Waals surface area contributed by atoms with Gasteiger partial charge >= 0.3 is 17.9 Å². The Hall–Kier alpha value is -2.51. The molecule has 2 unspecified atom stereocenters. The van der Waals surface area contributed by atoms with Gasteiger partial charge < -0.3 is 20.1 Å². The van der Waals surface area contributed by atoms with Gasteiger partial charge in [-0.15, -0.1) is 0 Å². The van der Waals surface area contributed by atoms with Crippen molar-refractivity contribution in [2.75, 3.05) is 0 Å². The summed E-state index contributed by atoms with van der Waals surface area (Å²) in [6.45, 7) is 0. The smallest absolute Gasteiger partial charge is 0.346 e. The van der Waals surface area contributed by atoms with E-state index in [-0.39, 0.29) is 0 Å². The number of carbonyl (C=O) groups excluding carboxylic acids is 2. The summed E-state index contributed by atoms with van der Waals surface area (Å²) in [6, 6.07) is 8.67. The zero-order valence-corrected chi connectivity index (χ0v) is 10.2. The van der Waals surface area contributed by atoms with E-state index in [0.29, 0.717) is 5.56 Å². The quantitative estimate of drug-likeness (QED) is 0.380. The van der Waals surface area contributed by atoms with Gasteiger partial charge in [-0.05, 0) is 11.6 Å². The lowest BCUT2D eigenvalue weighted by Crippen LogP contribution is -2.41. The summed E-state index contributed by atoms with van der Waals surface area (Å²) in [7, 11) is 0. The Morgan fingerprint density at radius 3 is 2.20 bits per heavy atom. The molecule has 1 aromatic rings. The van der Waals surface area contributed by atoms with Crippen LogP contribution in [0.3, 0.4) is 0 Å². The first-order chi connectivity index (χ1) is 9.41. The van der Waals surface area contributed by atoms with Crippen molar-refractivity contribution in [3.63, 3.8) is 0 Å². The molecular weight excluding hydrogens is 268 g/mol. The van der Waals surface area contributed by atoms with Crippen molar-refractivity contribution in [1.29, 1.82) is 0 Å². The van der Waals surface area contributed by atoms with E-state index in [0.717, 1.165) is 6.08 Å². The fourth-order valence-electron chi connectivity index (χ4n) is 1.19. The Morgan fingerprint density at radius 2 is 1.65 bits per heavy atom. The third kappa shape index (κ3) is 4.63. The zero-order chi connectivity index (χ0) is 15.1. The van der Waals surface area contributed by atoms with E-state index in [1.165, 1.54) is 6.08 Å². The van der Waals surface area contributed by atoms with Crippen molar-refractivity contribution in [1.82, 2.24) is 0 Å². The third-order valence-electron chi connectivity index (χ3n) is 2.21. The molecule has 0 aliphatic carbocycles. The highest BCUT2D eigenvalue weighted by Crippen LogP contribution is 2.02. The number of ether oxygens (including phenoxy) is 1. The van der Waals surface area contributed by atoms with Gasteiger partial charge in [-0.25, -0.2) is 14.4 Å². The first kappa shape index (κ1) is 15.5. The van der Waals surface area contributed by atoms with E-state index in [1.807, 2.05) is 0 Å². The molecule has 0 heterocycles. The number of hydrogen-bond acceptors (Lipinski definition) is 6. The molecule has 0 fully saturated rings. The summed E-state index contributed by atoms with van der Waals surface area (Å²) < 4.78 is 4.17. The average Bonchev–Trinajstić information content (AvgIpc) is 2.44. The van der Waals surface area contributed by atoms with Gasteiger partial charge in [0.2, 0.25) is 0 Å². The van der Waals surface area contributed by atoms with Crippen LogP contribution in [0.25, 0.3) is 6.08 Å². The molecule has 0 aliphatic rings. The monoisotopic (exact) mass is 280 g/mol. The number of carbonyl (C=O) groups is 3. The summed E-state index contributed by atoms with van der Waals surface area (Å²) in [5.41, 5.74) is 0.683. The SMILES string of the molecule is O=C(C=Cc1ccccc1)OC(=O)C(O)C(O)C(=O)O. The summed E-state index contributed by atoms with van der Waals surface area (Å²) >= 11 is 0. The maximum absolute atomic E-state index is 11.3. The lowest BCUT2D eigenvalue weighted by Gasteiger charge is -2.11. The number of esters is 2. The van der Waals surface area contributed by atoms with Gasteiger partial charge in [0, 0.05) is 6.08 Å². The number of aliphatic carboxylic acids is 1. The molecule has 1 aromatic carbocycles. The minimum atomic E-state index is -2.35. The van der Waals surface area contributed by atoms with Crippen molar-refractivity contribution in [2.45, 2.75) is 12.2 Å². The standard InChI is InChI=1S/C13H12O7/c14-9(7-6-8-4-2-1-3-5-8)20-13(19)11(16)10(15)12(17)18/h1-7,10-11,15-16H,(H,17,18). The molecule has 1 rings (SSSR count). The average molecular weight is 280 g/mol. The Morgan fingerprint density at radius 1 is 1.05 bits per heavy atom. The van der Waals surface area contributed by atoms with Crippen molar-refractivity contribution < 1.29 is 34.4 Å². The first-order valence-electron chi connectivity index (χ1n) is 5.49. The molecule has 20 heavy (non-hydrogen) atoms. The van der Waals surface area contributed by atoms with Gasteiger partial charge in [-0.3, -0.25) is 0 Å². The van der Waals surface area contributed by atoms with Crippen LogP contribution in [0.4, 0.5) is 0 Å². The van der Waals surface area contributed by atoms with Gasteiger partial charge in [0.05, 0.1) is 0 Å². The molecule has 2 atom stereocenters. The maximum Gasteiger partial charge on any atom is 0.346 e. The van der Waals surface area contributed by atoms with E-state index in [2.05, 4.69) is 4.74 Å². The highest BCUT2D eigenvalue weighted by molar-refractivity contribution is 5.97. The molecule has 0 saturated carbocycles. The molecule has 0 amide bonds. The van der Waals surface area contributed by atoms with Crippen molar-refractivity contribution >= 4 is 24.0 Å². The van der Waals surface area contributed by atoms with Crippen LogP contribution in [0.1, 0.15) is 5.56 Å². The van der Waals surface area contributed by atoms with Gasteiger partial charge in [0.15, 0.2) is 12.2 Å². The van der Waals surface area contributed by atoms with Crippen LogP contribution in [0.5, 0.6) is 0 Å². The second-order valence-electron chi connectivity index (χ2n) is 3.71. The number of hydrogen-bond donors (Lipinski definition) is 3. The van der Waals surface area contributed by atoms with E-state index in [1.54, 1.807) is 30.3 Å². The van der Waals surface area contributed by atoms with E-state index < -0.39 is 30.1 Å². The van der Waals surface area contributed by atoms with Gasteiger partial charge in [0.25, 0.3) is 0 Å². The van der Waals surface area contributed by atoms with Crippen molar-refractivity contribution in [3.05, 3.63) is 42.0 Å². The van der Waals surface area contributed by atoms with Gasteiger partial charge in [-0.1, -0.05) is 30.3 Å². The normalized spacial score (nSPS) is 13.7. The molecule has 0 radical (unpaired) electrons. The predicted octanol–water partition coefficient (Wildman–Crippen LogP) is -0.424. The minimum Gasteiger partial charge on any atom is -0.479 e. The number of rotatable bonds is 5. The molecule has 0 saturated heterocycles. The largest absolute Gasteiger partial charge is 0.479 e. The summed E-state index contributed by atoms with van der Waals surface area (Å²) in [6.07, 6.45) is -2.38. The topological polar surface area (TPSA) is 121 Å². The number of aliphatic hydroxyl groups excluding tert-OH is 2. The maximum atomic E-state index is 11.3. The van der Waals surface area contributed by atoms with Crippen molar-refractivity contribution in [2.24, 2.45) is 0 Å². The van der Waals surface area contributed by atoms with Crippen LogP contribution in [-0.2, 0) is 19.1 Å². The lowest BCUT2D eigenvalue weighted by molar-refractivity contribution is -0.173. The third-order valence-corrected chi connectivity index (χ3v) is 2.21. The molecule has 106 valence electrons. The summed E-state index contributed by atoms with van der Waals surface area (Å²) in [5, 5.41) is 26.4. The zero-order valence-electron chi connectivity index (χ0n) is 10.2. The molecule has 3 N–H and O–H groups in total. The number of carboxylic acids is 1. The number of aliphatic hydroxyl groups is 2. The second-order valence-corrected chi connectivity index (χ2v) is 3.71. The van der Waals surface area contributed by atoms with Crippen molar-refractivity contribution in [3.8, 4) is 0 Å². The van der Waals surface area contributed by atoms with Crippen LogP contribution in [0.15, 0.2) is 36.4 Å². The molecule has 0 bridgehead atoms. The van der Waals surface area contributed by atoms with E-state index in [9.17, 15) is 14.4 Å². The molecule has 0 aromatic heterocycles. The fraction of sp³-hybridized carbons (Fsp3) is 0.154. The molecule has 0 spiro atoms. The van der Waals surface area contributed by atoms with Crippen LogP contribution in [-0.4, -0.2) is 45.4 Å². The molecular formula is C13H12O7. The minimum absolute atomic E-state index is 0.683. The Bertz CT molecular complexity index is 521. The molecule has 0 aliphatic heterocycles.